The van der Waals surface area contributed by atoms with Crippen LogP contribution in [0.3, 0.4) is 0 Å². The minimum atomic E-state index is 0.550. The lowest BCUT2D eigenvalue weighted by molar-refractivity contribution is 0.120. The van der Waals surface area contributed by atoms with Crippen LogP contribution in [0, 0.1) is 0 Å². The molecule has 2 heterocycles. The summed E-state index contributed by atoms with van der Waals surface area (Å²) in [5.41, 5.74) is 3.22. The summed E-state index contributed by atoms with van der Waals surface area (Å²) in [5.74, 6) is 0. The molecule has 2 aromatic rings. The smallest absolute Gasteiger partial charge is 0.0888 e. The van der Waals surface area contributed by atoms with Gasteiger partial charge in [0.1, 0.15) is 0 Å². The van der Waals surface area contributed by atoms with Gasteiger partial charge in [0.2, 0.25) is 0 Å². The third kappa shape index (κ3) is 5.07. The highest BCUT2D eigenvalue weighted by Gasteiger charge is 1.98. The van der Waals surface area contributed by atoms with Crippen molar-refractivity contribution < 1.29 is 4.74 Å². The van der Waals surface area contributed by atoms with Crippen molar-refractivity contribution in [2.75, 3.05) is 13.2 Å². The van der Waals surface area contributed by atoms with E-state index in [-0.39, 0.29) is 0 Å². The molecular weight excluding hydrogens is 250 g/mol. The van der Waals surface area contributed by atoms with Crippen molar-refractivity contribution in [3.05, 3.63) is 59.7 Å². The Bertz CT molecular complexity index is 485. The molecular formula is C16H21N3O. The van der Waals surface area contributed by atoms with Gasteiger partial charge >= 0.3 is 0 Å². The lowest BCUT2D eigenvalue weighted by Crippen LogP contribution is -2.12. The summed E-state index contributed by atoms with van der Waals surface area (Å²) >= 11 is 0. The summed E-state index contributed by atoms with van der Waals surface area (Å²) < 4.78 is 5.63. The van der Waals surface area contributed by atoms with E-state index < -0.39 is 0 Å². The first-order valence-corrected chi connectivity index (χ1v) is 7.00. The highest BCUT2D eigenvalue weighted by molar-refractivity contribution is 5.13. The van der Waals surface area contributed by atoms with E-state index in [4.69, 9.17) is 4.74 Å². The molecule has 4 heteroatoms. The second-order valence-corrected chi connectivity index (χ2v) is 4.56. The topological polar surface area (TPSA) is 47.0 Å². The number of pyridine rings is 2. The third-order valence-electron chi connectivity index (χ3n) is 2.94. The molecule has 2 aromatic heterocycles. The molecule has 106 valence electrons. The third-order valence-corrected chi connectivity index (χ3v) is 2.94. The normalized spacial score (nSPS) is 10.7. The van der Waals surface area contributed by atoms with Crippen LogP contribution in [0.2, 0.25) is 0 Å². The van der Waals surface area contributed by atoms with Gasteiger partial charge in [-0.2, -0.15) is 0 Å². The van der Waals surface area contributed by atoms with E-state index in [2.05, 4.69) is 28.3 Å². The lowest BCUT2D eigenvalue weighted by atomic mass is 10.2. The van der Waals surface area contributed by atoms with Gasteiger partial charge in [-0.3, -0.25) is 9.97 Å². The molecule has 2 rings (SSSR count). The molecule has 0 bridgehead atoms. The van der Waals surface area contributed by atoms with Crippen LogP contribution in [0.5, 0.6) is 0 Å². The van der Waals surface area contributed by atoms with E-state index in [9.17, 15) is 0 Å². The van der Waals surface area contributed by atoms with Crippen LogP contribution in [-0.4, -0.2) is 23.1 Å². The van der Waals surface area contributed by atoms with Gasteiger partial charge in [-0.1, -0.05) is 19.1 Å². The van der Waals surface area contributed by atoms with Crippen LogP contribution in [0.25, 0.3) is 0 Å². The van der Waals surface area contributed by atoms with Gasteiger partial charge in [0.05, 0.1) is 18.9 Å². The molecule has 0 aliphatic rings. The van der Waals surface area contributed by atoms with Gasteiger partial charge in [-0.15, -0.1) is 0 Å². The van der Waals surface area contributed by atoms with Crippen LogP contribution in [0.1, 0.15) is 23.9 Å². The maximum absolute atomic E-state index is 5.63. The van der Waals surface area contributed by atoms with Crippen molar-refractivity contribution >= 4 is 0 Å². The first-order chi connectivity index (χ1) is 9.88. The van der Waals surface area contributed by atoms with Gasteiger partial charge in [0.25, 0.3) is 0 Å². The Kier molecular flexibility index (Phi) is 6.14. The van der Waals surface area contributed by atoms with Gasteiger partial charge < -0.3 is 10.1 Å². The summed E-state index contributed by atoms with van der Waals surface area (Å²) in [5, 5.41) is 3.28. The summed E-state index contributed by atoms with van der Waals surface area (Å²) in [4.78, 5) is 8.66. The second-order valence-electron chi connectivity index (χ2n) is 4.56. The number of ether oxygens (including phenoxy) is 1. The van der Waals surface area contributed by atoms with Gasteiger partial charge in [-0.25, -0.2) is 0 Å². The average Bonchev–Trinajstić information content (AvgIpc) is 2.52. The zero-order chi connectivity index (χ0) is 14.0. The number of hydrogen-bond donors (Lipinski definition) is 1. The Balaban J connectivity index is 1.69. The fraction of sp³-hybridized carbons (Fsp3) is 0.375. The molecule has 0 amide bonds. The fourth-order valence-corrected chi connectivity index (χ4v) is 1.81. The van der Waals surface area contributed by atoms with Crippen molar-refractivity contribution in [3.8, 4) is 0 Å². The van der Waals surface area contributed by atoms with E-state index in [1.54, 1.807) is 6.20 Å². The number of nitrogens with one attached hydrogen (secondary N) is 1. The monoisotopic (exact) mass is 271 g/mol. The second kappa shape index (κ2) is 8.40. The number of rotatable bonds is 8. The molecule has 0 radical (unpaired) electrons. The maximum atomic E-state index is 5.63. The molecule has 0 aromatic carbocycles. The lowest BCUT2D eigenvalue weighted by Gasteiger charge is -2.05. The highest BCUT2D eigenvalue weighted by atomic mass is 16.5. The summed E-state index contributed by atoms with van der Waals surface area (Å²) in [6.07, 6.45) is 4.54. The first kappa shape index (κ1) is 14.6. The maximum Gasteiger partial charge on any atom is 0.0888 e. The minimum Gasteiger partial charge on any atom is -0.375 e. The molecule has 0 saturated carbocycles. The van der Waals surface area contributed by atoms with E-state index in [1.165, 1.54) is 5.56 Å². The standard InChI is InChI=1S/C16H21N3O/c1-2-17-11-14-6-7-16(19-12-14)13-20-10-8-15-5-3-4-9-18-15/h3-7,9,12,17H,2,8,10-11,13H2,1H3. The van der Waals surface area contributed by atoms with Crippen LogP contribution in [-0.2, 0) is 24.3 Å². The molecule has 0 aliphatic heterocycles. The predicted octanol–water partition coefficient (Wildman–Crippen LogP) is 2.35. The fourth-order valence-electron chi connectivity index (χ4n) is 1.81. The van der Waals surface area contributed by atoms with E-state index >= 15 is 0 Å². The predicted molar refractivity (Wildman–Crippen MR) is 79.2 cm³/mol. The van der Waals surface area contributed by atoms with Crippen molar-refractivity contribution in [2.45, 2.75) is 26.5 Å². The van der Waals surface area contributed by atoms with Crippen molar-refractivity contribution in [3.63, 3.8) is 0 Å². The summed E-state index contributed by atoms with van der Waals surface area (Å²) in [6.45, 7) is 5.14. The molecule has 1 N–H and O–H groups in total. The number of aromatic nitrogens is 2. The van der Waals surface area contributed by atoms with Crippen molar-refractivity contribution in [1.29, 1.82) is 0 Å². The Morgan fingerprint density at radius 1 is 1.10 bits per heavy atom. The first-order valence-electron chi connectivity index (χ1n) is 7.00. The van der Waals surface area contributed by atoms with Gasteiger partial charge in [0.15, 0.2) is 0 Å². The SMILES string of the molecule is CCNCc1ccc(COCCc2ccccn2)nc1. The molecule has 0 fully saturated rings. The van der Waals surface area contributed by atoms with Crippen LogP contribution >= 0.6 is 0 Å². The molecule has 0 unspecified atom stereocenters. The summed E-state index contributed by atoms with van der Waals surface area (Å²) in [6, 6.07) is 10.0. The van der Waals surface area contributed by atoms with E-state index in [0.717, 1.165) is 30.9 Å². The van der Waals surface area contributed by atoms with Crippen LogP contribution in [0.4, 0.5) is 0 Å². The Hall–Kier alpha value is -1.78. The Labute approximate surface area is 120 Å². The largest absolute Gasteiger partial charge is 0.375 e. The van der Waals surface area contributed by atoms with Crippen molar-refractivity contribution in [1.82, 2.24) is 15.3 Å². The Morgan fingerprint density at radius 2 is 2.05 bits per heavy atom. The van der Waals surface area contributed by atoms with Crippen LogP contribution < -0.4 is 5.32 Å². The van der Waals surface area contributed by atoms with Gasteiger partial charge in [-0.05, 0) is 30.3 Å². The number of hydrogen-bond acceptors (Lipinski definition) is 4. The molecule has 0 spiro atoms. The minimum absolute atomic E-state index is 0.550. The zero-order valence-corrected chi connectivity index (χ0v) is 11.9. The number of nitrogens with zero attached hydrogens (tertiary/aromatic N) is 2. The van der Waals surface area contributed by atoms with Gasteiger partial charge in [0, 0.05) is 31.1 Å². The molecule has 0 atom stereocenters. The quantitative estimate of drug-likeness (QED) is 0.749. The van der Waals surface area contributed by atoms with E-state index in [1.807, 2.05) is 30.5 Å². The average molecular weight is 271 g/mol. The summed E-state index contributed by atoms with van der Waals surface area (Å²) in [7, 11) is 0. The molecule has 0 saturated heterocycles. The molecule has 4 nitrogen and oxygen atoms in total. The zero-order valence-electron chi connectivity index (χ0n) is 11.9. The Morgan fingerprint density at radius 3 is 2.75 bits per heavy atom. The highest BCUT2D eigenvalue weighted by Crippen LogP contribution is 2.02. The van der Waals surface area contributed by atoms with E-state index in [0.29, 0.717) is 13.2 Å². The molecule has 0 aliphatic carbocycles. The van der Waals surface area contributed by atoms with Crippen molar-refractivity contribution in [2.24, 2.45) is 0 Å². The van der Waals surface area contributed by atoms with Crippen LogP contribution in [0.15, 0.2) is 42.7 Å². The molecule has 20 heavy (non-hydrogen) atoms.